The second-order valence-electron chi connectivity index (χ2n) is 12.2. The molecule has 0 radical (unpaired) electrons. The summed E-state index contributed by atoms with van der Waals surface area (Å²) in [6.45, 7) is 8.02. The van der Waals surface area contributed by atoms with Gasteiger partial charge in [-0.25, -0.2) is 4.79 Å². The lowest BCUT2D eigenvalue weighted by molar-refractivity contribution is -0.288. The lowest BCUT2D eigenvalue weighted by atomic mass is 9.88. The molecule has 1 aromatic carbocycles. The highest BCUT2D eigenvalue weighted by atomic mass is 16.7. The maximum Gasteiger partial charge on any atom is 0.339 e. The van der Waals surface area contributed by atoms with E-state index in [2.05, 4.69) is 0 Å². The molecular formula is C32H38O13. The molecule has 1 fully saturated rings. The largest absolute Gasteiger partial charge is 0.484 e. The van der Waals surface area contributed by atoms with E-state index in [0.29, 0.717) is 42.4 Å². The molecule has 2 aromatic rings. The van der Waals surface area contributed by atoms with E-state index in [1.807, 2.05) is 19.9 Å². The number of carbonyl (C=O) groups excluding carboxylic acids is 4. The Morgan fingerprint density at radius 3 is 2.11 bits per heavy atom. The molecule has 2 aliphatic heterocycles. The van der Waals surface area contributed by atoms with E-state index >= 15 is 0 Å². The van der Waals surface area contributed by atoms with Crippen LogP contribution >= 0.6 is 0 Å². The first-order valence-electron chi connectivity index (χ1n) is 15.0. The van der Waals surface area contributed by atoms with Crippen LogP contribution in [-0.2, 0) is 62.1 Å². The molecule has 3 heterocycles. The monoisotopic (exact) mass is 630 g/mol. The van der Waals surface area contributed by atoms with Crippen LogP contribution in [0.5, 0.6) is 11.5 Å². The Labute approximate surface area is 259 Å². The van der Waals surface area contributed by atoms with Gasteiger partial charge in [0.1, 0.15) is 18.3 Å². The van der Waals surface area contributed by atoms with Gasteiger partial charge in [0.25, 0.3) is 0 Å². The molecular weight excluding hydrogens is 592 g/mol. The Morgan fingerprint density at radius 1 is 0.844 bits per heavy atom. The fourth-order valence-electron chi connectivity index (χ4n) is 6.15. The molecule has 0 N–H and O–H groups in total. The summed E-state index contributed by atoms with van der Waals surface area (Å²) in [6.07, 6.45) is -2.60. The van der Waals surface area contributed by atoms with Crippen LogP contribution in [0.15, 0.2) is 15.3 Å². The second-order valence-corrected chi connectivity index (χ2v) is 12.2. The highest BCUT2D eigenvalue weighted by Crippen LogP contribution is 2.47. The molecule has 13 nitrogen and oxygen atoms in total. The topological polar surface area (TPSA) is 163 Å². The highest BCUT2D eigenvalue weighted by Gasteiger charge is 2.54. The van der Waals surface area contributed by atoms with Crippen LogP contribution < -0.4 is 15.1 Å². The van der Waals surface area contributed by atoms with Crippen LogP contribution in [0, 0.1) is 0 Å². The number of ether oxygens (including phenoxy) is 7. The van der Waals surface area contributed by atoms with E-state index < -0.39 is 72.4 Å². The summed E-state index contributed by atoms with van der Waals surface area (Å²) in [6, 6.07) is 1.97. The van der Waals surface area contributed by atoms with Crippen molar-refractivity contribution in [2.45, 2.75) is 116 Å². The van der Waals surface area contributed by atoms with Crippen molar-refractivity contribution in [1.29, 1.82) is 0 Å². The molecule has 5 rings (SSSR count). The third kappa shape index (κ3) is 6.92. The summed E-state index contributed by atoms with van der Waals surface area (Å²) in [5.74, 6) is -2.57. The summed E-state index contributed by atoms with van der Waals surface area (Å²) in [5, 5.41) is 0.701. The first-order chi connectivity index (χ1) is 21.2. The van der Waals surface area contributed by atoms with Crippen molar-refractivity contribution in [2.24, 2.45) is 0 Å². The van der Waals surface area contributed by atoms with Crippen molar-refractivity contribution >= 4 is 34.8 Å². The summed E-state index contributed by atoms with van der Waals surface area (Å²) < 4.78 is 46.8. The maximum atomic E-state index is 13.2. The van der Waals surface area contributed by atoms with Crippen LogP contribution in [0.2, 0.25) is 0 Å². The van der Waals surface area contributed by atoms with Gasteiger partial charge in [0, 0.05) is 38.6 Å². The van der Waals surface area contributed by atoms with Crippen molar-refractivity contribution in [1.82, 2.24) is 0 Å². The van der Waals surface area contributed by atoms with Crippen LogP contribution in [0.3, 0.4) is 0 Å². The molecule has 13 heteroatoms. The standard InChI is InChI=1S/C32H38O13/c1-15(33)38-14-23-26(39-16(2)34)28(40-17(3)35)29(41-18(4)36)31(42-23)44-27-24-19(11-12-32(5,6)45-24)13-22-20-9-7-8-10-21(20)30(37)43-25(22)27/h13,23,26,28-29,31H,7-12,14H2,1-6H3/t23-,26-,28+,29+,31+/m1/s1. The van der Waals surface area contributed by atoms with E-state index in [1.165, 1.54) is 6.92 Å². The summed E-state index contributed by atoms with van der Waals surface area (Å²) in [4.78, 5) is 61.7. The second kappa shape index (κ2) is 12.7. The fourth-order valence-corrected chi connectivity index (χ4v) is 6.15. The average Bonchev–Trinajstić information content (AvgIpc) is 2.94. The Morgan fingerprint density at radius 2 is 1.47 bits per heavy atom. The first kappa shape index (κ1) is 32.3. The molecule has 244 valence electrons. The van der Waals surface area contributed by atoms with Gasteiger partial charge >= 0.3 is 29.5 Å². The Balaban J connectivity index is 1.68. The van der Waals surface area contributed by atoms with Gasteiger partial charge in [0.2, 0.25) is 18.1 Å². The molecule has 5 atom stereocenters. The van der Waals surface area contributed by atoms with Crippen molar-refractivity contribution in [3.05, 3.63) is 33.2 Å². The zero-order valence-corrected chi connectivity index (χ0v) is 26.2. The minimum Gasteiger partial charge on any atom is -0.484 e. The normalized spacial score (nSPS) is 25.2. The zero-order valence-electron chi connectivity index (χ0n) is 26.2. The Bertz CT molecular complexity index is 1570. The Hall–Kier alpha value is -4.13. The smallest absolute Gasteiger partial charge is 0.339 e. The van der Waals surface area contributed by atoms with Gasteiger partial charge in [-0.3, -0.25) is 19.2 Å². The number of rotatable bonds is 7. The molecule has 1 aliphatic carbocycles. The minimum absolute atomic E-state index is 0.0432. The van der Waals surface area contributed by atoms with E-state index in [0.717, 1.165) is 44.7 Å². The third-order valence-electron chi connectivity index (χ3n) is 8.06. The number of hydrogen-bond acceptors (Lipinski definition) is 13. The van der Waals surface area contributed by atoms with Gasteiger partial charge in [-0.2, -0.15) is 0 Å². The van der Waals surface area contributed by atoms with Crippen molar-refractivity contribution in [2.75, 3.05) is 6.61 Å². The quantitative estimate of drug-likeness (QED) is 0.249. The SMILES string of the molecule is CC(=O)OC[C@H]1O[C@@H](Oc2c3c(cc4c5c(c(=O)oc24)CCCC5)CCC(C)(C)O3)[C@@H](OC(C)=O)[C@@H](OC(C)=O)[C@@H]1OC(C)=O. The molecule has 0 bridgehead atoms. The van der Waals surface area contributed by atoms with Gasteiger partial charge in [-0.15, -0.1) is 0 Å². The van der Waals surface area contributed by atoms with Crippen LogP contribution in [0.1, 0.15) is 77.5 Å². The fraction of sp³-hybridized carbons (Fsp3) is 0.594. The predicted molar refractivity (Wildman–Crippen MR) is 155 cm³/mol. The molecule has 1 aromatic heterocycles. The van der Waals surface area contributed by atoms with Gasteiger partial charge in [-0.1, -0.05) is 0 Å². The molecule has 0 spiro atoms. The highest BCUT2D eigenvalue weighted by molar-refractivity contribution is 5.90. The third-order valence-corrected chi connectivity index (χ3v) is 8.06. The van der Waals surface area contributed by atoms with Crippen LogP contribution in [0.25, 0.3) is 11.0 Å². The number of esters is 4. The van der Waals surface area contributed by atoms with Gasteiger partial charge in [-0.05, 0) is 69.6 Å². The van der Waals surface area contributed by atoms with E-state index in [-0.39, 0.29) is 11.3 Å². The van der Waals surface area contributed by atoms with E-state index in [4.69, 9.17) is 37.6 Å². The summed E-state index contributed by atoms with van der Waals surface area (Å²) in [5.41, 5.74) is 1.37. The van der Waals surface area contributed by atoms with Gasteiger partial charge in [0.15, 0.2) is 23.5 Å². The van der Waals surface area contributed by atoms with E-state index in [1.54, 1.807) is 0 Å². The van der Waals surface area contributed by atoms with E-state index in [9.17, 15) is 24.0 Å². The van der Waals surface area contributed by atoms with Gasteiger partial charge < -0.3 is 37.6 Å². The van der Waals surface area contributed by atoms with Crippen LogP contribution in [-0.4, -0.2) is 66.8 Å². The average molecular weight is 631 g/mol. The lowest BCUT2D eigenvalue weighted by Crippen LogP contribution is -2.63. The first-order valence-corrected chi connectivity index (χ1v) is 15.0. The van der Waals surface area contributed by atoms with Crippen molar-refractivity contribution in [3.63, 3.8) is 0 Å². The number of carbonyl (C=O) groups is 4. The Kier molecular flexibility index (Phi) is 9.11. The minimum atomic E-state index is -1.53. The van der Waals surface area contributed by atoms with Gasteiger partial charge in [0.05, 0.1) is 0 Å². The molecule has 0 unspecified atom stereocenters. The summed E-state index contributed by atoms with van der Waals surface area (Å²) >= 11 is 0. The maximum absolute atomic E-state index is 13.2. The summed E-state index contributed by atoms with van der Waals surface area (Å²) in [7, 11) is 0. The van der Waals surface area contributed by atoms with Crippen molar-refractivity contribution < 1.29 is 56.8 Å². The number of fused-ring (bicyclic) bond motifs is 4. The molecule has 0 saturated carbocycles. The number of hydrogen-bond donors (Lipinski definition) is 0. The molecule has 0 amide bonds. The number of aryl methyl sites for hydroxylation is 2. The zero-order chi connectivity index (χ0) is 32.6. The van der Waals surface area contributed by atoms with Crippen molar-refractivity contribution in [3.8, 4) is 11.5 Å². The molecule has 3 aliphatic rings. The molecule has 1 saturated heterocycles. The van der Waals surface area contributed by atoms with Crippen LogP contribution in [0.4, 0.5) is 0 Å². The predicted octanol–water partition coefficient (Wildman–Crippen LogP) is 3.24. The number of benzene rings is 1. The lowest BCUT2D eigenvalue weighted by Gasteiger charge is -2.44. The molecule has 45 heavy (non-hydrogen) atoms.